The van der Waals surface area contributed by atoms with Gasteiger partial charge in [0.05, 0.1) is 33.5 Å². The van der Waals surface area contributed by atoms with Crippen molar-refractivity contribution in [3.63, 3.8) is 0 Å². The summed E-state index contributed by atoms with van der Waals surface area (Å²) in [7, 11) is 0. The fraction of sp³-hybridized carbons (Fsp3) is 0.114. The highest BCUT2D eigenvalue weighted by atomic mass is 32.1. The first-order valence-electron chi connectivity index (χ1n) is 16.4. The Labute approximate surface area is 328 Å². The average molecular weight is 809 g/mol. The Morgan fingerprint density at radius 2 is 1.17 bits per heavy atom. The maximum Gasteiger partial charge on any atom is 0.335 e. The van der Waals surface area contributed by atoms with Gasteiger partial charge >= 0.3 is 29.8 Å². The molecular formula is C35H28N12O10S. The van der Waals surface area contributed by atoms with Gasteiger partial charge in [-0.1, -0.05) is 44.2 Å². The molecule has 294 valence electrons. The van der Waals surface area contributed by atoms with Crippen molar-refractivity contribution in [2.75, 3.05) is 16.4 Å². The summed E-state index contributed by atoms with van der Waals surface area (Å²) in [6.07, 6.45) is 0. The maximum atomic E-state index is 11.8. The lowest BCUT2D eigenvalue weighted by molar-refractivity contribution is 0.0676. The molecule has 6 rings (SSSR count). The van der Waals surface area contributed by atoms with Crippen LogP contribution in [0.1, 0.15) is 78.3 Å². The smallest absolute Gasteiger partial charge is 0.335 e. The highest BCUT2D eigenvalue weighted by molar-refractivity contribution is 7.18. The lowest BCUT2D eigenvalue weighted by Crippen LogP contribution is -2.15. The minimum Gasteiger partial charge on any atom is -0.478 e. The largest absolute Gasteiger partial charge is 0.478 e. The number of carboxylic acids is 5. The Kier molecular flexibility index (Phi) is 10.6. The number of carboxylic acid groups (broad SMARTS) is 5. The van der Waals surface area contributed by atoms with E-state index >= 15 is 0 Å². The van der Waals surface area contributed by atoms with Crippen LogP contribution in [0.25, 0.3) is 16.5 Å². The molecule has 58 heavy (non-hydrogen) atoms. The first kappa shape index (κ1) is 39.5. The summed E-state index contributed by atoms with van der Waals surface area (Å²) in [4.78, 5) is 71.7. The molecule has 0 saturated carbocycles. The average Bonchev–Trinajstić information content (AvgIpc) is 3.78. The van der Waals surface area contributed by atoms with E-state index in [-0.39, 0.29) is 73.7 Å². The van der Waals surface area contributed by atoms with Crippen LogP contribution in [-0.2, 0) is 5.41 Å². The summed E-state index contributed by atoms with van der Waals surface area (Å²) in [6.45, 7) is 5.44. The molecule has 0 bridgehead atoms. The Hall–Kier alpha value is -8.21. The molecule has 0 saturated heterocycles. The number of nitrogens with zero attached hydrogens (tertiary/aromatic N) is 9. The second-order valence-corrected chi connectivity index (χ2v) is 14.0. The van der Waals surface area contributed by atoms with E-state index in [1.54, 1.807) is 12.1 Å². The van der Waals surface area contributed by atoms with Crippen LogP contribution in [0.5, 0.6) is 0 Å². The monoisotopic (exact) mass is 808 g/mol. The standard InChI is InChI=1S/C35H28N12O10S/c1-35(2,3)23-22(42-44-34-45-43-25(58-34)14-5-4-6-15(7-14)26(48)49)24(36)47(46-23)33-40-31(37-20-10-16(27(50)51)8-17(11-20)28(52)53)39-32(41-33)38-21-12-18(29(54)55)9-19(13-21)30(56)57/h4-13H,36H2,1-3H3,(H,48,49)(H,50,51)(H,52,53)(H,54,55)(H,56,57)(H2,37,38,39,40,41). The van der Waals surface area contributed by atoms with E-state index in [2.05, 4.69) is 51.1 Å². The van der Waals surface area contributed by atoms with Gasteiger partial charge in [-0.25, -0.2) is 24.0 Å². The third-order valence-corrected chi connectivity index (χ3v) is 8.65. The Morgan fingerprint density at radius 3 is 1.64 bits per heavy atom. The van der Waals surface area contributed by atoms with Crippen LogP contribution in [0.3, 0.4) is 0 Å². The van der Waals surface area contributed by atoms with E-state index in [4.69, 9.17) is 5.73 Å². The van der Waals surface area contributed by atoms with Gasteiger partial charge in [-0.2, -0.15) is 24.7 Å². The summed E-state index contributed by atoms with van der Waals surface area (Å²) in [6, 6.07) is 12.5. The Balaban J connectivity index is 1.46. The molecule has 3 heterocycles. The van der Waals surface area contributed by atoms with Gasteiger partial charge in [-0.3, -0.25) is 0 Å². The van der Waals surface area contributed by atoms with Crippen molar-refractivity contribution < 1.29 is 49.5 Å². The zero-order valence-corrected chi connectivity index (χ0v) is 30.9. The third kappa shape index (κ3) is 8.68. The number of hydrogen-bond acceptors (Lipinski definition) is 17. The van der Waals surface area contributed by atoms with Gasteiger partial charge in [0.2, 0.25) is 11.9 Å². The normalized spacial score (nSPS) is 11.4. The second kappa shape index (κ2) is 15.5. The third-order valence-electron chi connectivity index (χ3n) is 7.79. The summed E-state index contributed by atoms with van der Waals surface area (Å²) < 4.78 is 1.09. The van der Waals surface area contributed by atoms with Gasteiger partial charge < -0.3 is 41.9 Å². The molecule has 0 aliphatic carbocycles. The molecule has 0 radical (unpaired) electrons. The van der Waals surface area contributed by atoms with Crippen molar-refractivity contribution in [1.29, 1.82) is 0 Å². The molecule has 0 spiro atoms. The van der Waals surface area contributed by atoms with E-state index in [9.17, 15) is 49.5 Å². The molecular weight excluding hydrogens is 781 g/mol. The zero-order chi connectivity index (χ0) is 42.1. The van der Waals surface area contributed by atoms with E-state index in [1.807, 2.05) is 20.8 Å². The molecule has 0 atom stereocenters. The molecule has 0 fully saturated rings. The van der Waals surface area contributed by atoms with Gasteiger partial charge in [-0.15, -0.1) is 20.4 Å². The quantitative estimate of drug-likeness (QED) is 0.0634. The van der Waals surface area contributed by atoms with Crippen molar-refractivity contribution in [2.45, 2.75) is 26.2 Å². The number of nitrogens with one attached hydrogen (secondary N) is 2. The van der Waals surface area contributed by atoms with Crippen molar-refractivity contribution in [1.82, 2.24) is 34.9 Å². The van der Waals surface area contributed by atoms with E-state index in [0.717, 1.165) is 52.4 Å². The van der Waals surface area contributed by atoms with Crippen molar-refractivity contribution in [3.8, 4) is 16.5 Å². The number of benzene rings is 3. The number of nitrogens with two attached hydrogens (primary N) is 1. The van der Waals surface area contributed by atoms with E-state index < -0.39 is 35.3 Å². The molecule has 3 aromatic heterocycles. The first-order valence-corrected chi connectivity index (χ1v) is 17.2. The minimum absolute atomic E-state index is 0.0542. The minimum atomic E-state index is -1.42. The predicted octanol–water partition coefficient (Wildman–Crippen LogP) is 5.85. The van der Waals surface area contributed by atoms with Gasteiger partial charge in [0, 0.05) is 22.4 Å². The molecule has 6 aromatic rings. The molecule has 23 heteroatoms. The van der Waals surface area contributed by atoms with Gasteiger partial charge in [0.1, 0.15) is 5.01 Å². The van der Waals surface area contributed by atoms with E-state index in [0.29, 0.717) is 16.3 Å². The van der Waals surface area contributed by atoms with Crippen LogP contribution < -0.4 is 16.4 Å². The summed E-state index contributed by atoms with van der Waals surface area (Å²) >= 11 is 1.02. The molecule has 0 aliphatic rings. The SMILES string of the molecule is CC(C)(C)c1nn(-c2nc(Nc3cc(C(=O)O)cc(C(=O)O)c3)nc(Nc3cc(C(=O)O)cc(C(=O)O)c3)n2)c(N)c1N=Nc1nnc(-c2cccc(C(=O)O)c2)s1. The topological polar surface area (TPSA) is 344 Å². The number of nitrogen functional groups attached to an aromatic ring is 1. The van der Waals surface area contributed by atoms with Crippen LogP contribution in [0.4, 0.5) is 39.9 Å². The van der Waals surface area contributed by atoms with Crippen LogP contribution >= 0.6 is 11.3 Å². The lowest BCUT2D eigenvalue weighted by atomic mass is 9.91. The number of aromatic nitrogens is 7. The van der Waals surface area contributed by atoms with Gasteiger partial charge in [0.15, 0.2) is 11.5 Å². The van der Waals surface area contributed by atoms with Crippen molar-refractivity contribution >= 4 is 81.1 Å². The van der Waals surface area contributed by atoms with Crippen molar-refractivity contribution in [3.05, 3.63) is 94.2 Å². The molecule has 0 aliphatic heterocycles. The van der Waals surface area contributed by atoms with Crippen molar-refractivity contribution in [2.24, 2.45) is 10.2 Å². The fourth-order valence-corrected chi connectivity index (χ4v) is 5.82. The van der Waals surface area contributed by atoms with E-state index in [1.165, 1.54) is 12.1 Å². The zero-order valence-electron chi connectivity index (χ0n) is 30.1. The van der Waals surface area contributed by atoms with Crippen LogP contribution in [0.2, 0.25) is 0 Å². The number of carbonyl (C=O) groups is 5. The summed E-state index contributed by atoms with van der Waals surface area (Å²) in [5, 5.41) is 75.0. The number of hydrogen-bond donors (Lipinski definition) is 8. The number of anilines is 5. The molecule has 22 nitrogen and oxygen atoms in total. The fourth-order valence-electron chi connectivity index (χ4n) is 5.15. The Bertz CT molecular complexity index is 2540. The predicted molar refractivity (Wildman–Crippen MR) is 204 cm³/mol. The lowest BCUT2D eigenvalue weighted by Gasteiger charge is -2.15. The van der Waals surface area contributed by atoms with Gasteiger partial charge in [-0.05, 0) is 48.5 Å². The molecule has 3 aromatic carbocycles. The number of azo groups is 1. The second-order valence-electron chi connectivity index (χ2n) is 13.1. The first-order chi connectivity index (χ1) is 27.4. The van der Waals surface area contributed by atoms with Gasteiger partial charge in [0.25, 0.3) is 11.1 Å². The number of rotatable bonds is 13. The molecule has 9 N–H and O–H groups in total. The summed E-state index contributed by atoms with van der Waals surface area (Å²) in [5.41, 5.74) is 5.17. The molecule has 0 unspecified atom stereocenters. The molecule has 0 amide bonds. The van der Waals surface area contributed by atoms with Crippen LogP contribution in [-0.4, -0.2) is 90.3 Å². The highest BCUT2D eigenvalue weighted by Crippen LogP contribution is 2.38. The number of aromatic carboxylic acids is 5. The van der Waals surface area contributed by atoms with Crippen LogP contribution in [0.15, 0.2) is 70.9 Å². The Morgan fingerprint density at radius 1 is 0.672 bits per heavy atom. The van der Waals surface area contributed by atoms with Crippen LogP contribution in [0, 0.1) is 0 Å². The highest BCUT2D eigenvalue weighted by Gasteiger charge is 2.28. The summed E-state index contributed by atoms with van der Waals surface area (Å²) in [5.74, 6) is -7.86. The maximum absolute atomic E-state index is 11.8.